The molecule has 0 bridgehead atoms. The van der Waals surface area contributed by atoms with E-state index in [-0.39, 0.29) is 41.5 Å². The largest absolute Gasteiger partial charge is 0.326 e. The zero-order valence-electron chi connectivity index (χ0n) is 19.0. The fraction of sp³-hybridized carbons (Fsp3) is 0.261. The Hall–Kier alpha value is -2.87. The van der Waals surface area contributed by atoms with Crippen molar-refractivity contribution in [3.63, 3.8) is 0 Å². The number of nitrogens with zero attached hydrogens (tertiary/aromatic N) is 3. The number of amides is 1. The lowest BCUT2D eigenvalue weighted by atomic mass is 9.97. The fourth-order valence-electron chi connectivity index (χ4n) is 3.82. The first-order chi connectivity index (χ1) is 17.1. The summed E-state index contributed by atoms with van der Waals surface area (Å²) in [7, 11) is -7.37. The van der Waals surface area contributed by atoms with E-state index in [0.717, 1.165) is 4.47 Å². The van der Waals surface area contributed by atoms with Crippen LogP contribution >= 0.6 is 15.9 Å². The standard InChI is InChI=1S/C23H24BrN5O5S2/c24-19-4-1-3-17(15-19)16-35(31,32)29-13-9-18(10-14-29)22(30)27-20-5-7-21(8-6-20)36(33,34)28-23-25-11-2-12-26-23/h1-8,11-12,15,18H,9-10,13-14,16H2,(H,27,30)(H,25,26,28). The van der Waals surface area contributed by atoms with Gasteiger partial charge in [-0.3, -0.25) is 4.79 Å². The van der Waals surface area contributed by atoms with Crippen molar-refractivity contribution in [1.29, 1.82) is 0 Å². The van der Waals surface area contributed by atoms with Crippen molar-refractivity contribution in [2.24, 2.45) is 5.92 Å². The number of halogens is 1. The van der Waals surface area contributed by atoms with Gasteiger partial charge in [0.05, 0.1) is 10.6 Å². The number of hydrogen-bond donors (Lipinski definition) is 2. The lowest BCUT2D eigenvalue weighted by molar-refractivity contribution is -0.120. The minimum absolute atomic E-state index is 0.00286. The number of carbonyl (C=O) groups is 1. The van der Waals surface area contributed by atoms with E-state index in [1.165, 1.54) is 41.0 Å². The maximum atomic E-state index is 12.8. The molecule has 0 atom stereocenters. The van der Waals surface area contributed by atoms with Gasteiger partial charge in [0.15, 0.2) is 0 Å². The summed E-state index contributed by atoms with van der Waals surface area (Å²) in [4.78, 5) is 20.4. The van der Waals surface area contributed by atoms with E-state index in [4.69, 9.17) is 0 Å². The Balaban J connectivity index is 1.31. The van der Waals surface area contributed by atoms with Gasteiger partial charge in [0, 0.05) is 41.6 Å². The Kier molecular flexibility index (Phi) is 8.03. The van der Waals surface area contributed by atoms with Crippen LogP contribution in [0.1, 0.15) is 18.4 Å². The molecule has 2 aromatic carbocycles. The van der Waals surface area contributed by atoms with Crippen LogP contribution in [0, 0.1) is 5.92 Å². The van der Waals surface area contributed by atoms with Gasteiger partial charge in [-0.15, -0.1) is 0 Å². The molecule has 4 rings (SSSR count). The maximum Gasteiger partial charge on any atom is 0.264 e. The molecule has 10 nitrogen and oxygen atoms in total. The molecule has 2 heterocycles. The predicted molar refractivity (Wildman–Crippen MR) is 139 cm³/mol. The Labute approximate surface area is 218 Å². The number of rotatable bonds is 8. The minimum atomic E-state index is -3.88. The molecule has 0 radical (unpaired) electrons. The Morgan fingerprint density at radius 1 is 0.972 bits per heavy atom. The molecule has 0 saturated carbocycles. The first kappa shape index (κ1) is 26.2. The van der Waals surface area contributed by atoms with E-state index in [0.29, 0.717) is 24.1 Å². The summed E-state index contributed by atoms with van der Waals surface area (Å²) in [6, 6.07) is 14.5. The number of piperidine rings is 1. The van der Waals surface area contributed by atoms with E-state index in [9.17, 15) is 21.6 Å². The van der Waals surface area contributed by atoms with Crippen LogP contribution in [0.3, 0.4) is 0 Å². The maximum absolute atomic E-state index is 12.8. The molecule has 3 aromatic rings. The molecular formula is C23H24BrN5O5S2. The van der Waals surface area contributed by atoms with Crippen LogP contribution in [-0.4, -0.2) is 50.1 Å². The summed E-state index contributed by atoms with van der Waals surface area (Å²) in [5, 5.41) is 2.79. The highest BCUT2D eigenvalue weighted by Gasteiger charge is 2.31. The molecule has 190 valence electrons. The van der Waals surface area contributed by atoms with E-state index in [2.05, 4.69) is 35.9 Å². The third kappa shape index (κ3) is 6.66. The van der Waals surface area contributed by atoms with Gasteiger partial charge in [0.1, 0.15) is 0 Å². The number of benzene rings is 2. The van der Waals surface area contributed by atoms with E-state index in [1.54, 1.807) is 24.3 Å². The van der Waals surface area contributed by atoms with Crippen LogP contribution in [0.25, 0.3) is 0 Å². The van der Waals surface area contributed by atoms with Gasteiger partial charge in [-0.2, -0.15) is 0 Å². The van der Waals surface area contributed by atoms with Gasteiger partial charge in [-0.1, -0.05) is 28.1 Å². The highest BCUT2D eigenvalue weighted by Crippen LogP contribution is 2.24. The molecule has 1 aromatic heterocycles. The van der Waals surface area contributed by atoms with Crippen LogP contribution in [0.15, 0.2) is 76.4 Å². The van der Waals surface area contributed by atoms with Crippen molar-refractivity contribution in [2.75, 3.05) is 23.1 Å². The van der Waals surface area contributed by atoms with Gasteiger partial charge in [-0.25, -0.2) is 35.8 Å². The van der Waals surface area contributed by atoms with E-state index >= 15 is 0 Å². The molecule has 0 aliphatic carbocycles. The quantitative estimate of drug-likeness (QED) is 0.409. The lowest BCUT2D eigenvalue weighted by Crippen LogP contribution is -2.41. The topological polar surface area (TPSA) is 138 Å². The first-order valence-corrected chi connectivity index (χ1v) is 14.9. The smallest absolute Gasteiger partial charge is 0.264 e. The van der Waals surface area contributed by atoms with Crippen LogP contribution in [-0.2, 0) is 30.6 Å². The Bertz CT molecular complexity index is 1430. The van der Waals surface area contributed by atoms with Crippen LogP contribution < -0.4 is 10.0 Å². The van der Waals surface area contributed by atoms with Gasteiger partial charge < -0.3 is 5.32 Å². The molecule has 36 heavy (non-hydrogen) atoms. The molecule has 0 spiro atoms. The van der Waals surface area contributed by atoms with Gasteiger partial charge in [0.2, 0.25) is 21.9 Å². The lowest BCUT2D eigenvalue weighted by Gasteiger charge is -2.30. The molecule has 2 N–H and O–H groups in total. The van der Waals surface area contributed by atoms with Gasteiger partial charge >= 0.3 is 0 Å². The molecular weight excluding hydrogens is 570 g/mol. The second-order valence-electron chi connectivity index (χ2n) is 8.25. The highest BCUT2D eigenvalue weighted by molar-refractivity contribution is 9.10. The molecule has 1 aliphatic rings. The minimum Gasteiger partial charge on any atom is -0.326 e. The predicted octanol–water partition coefficient (Wildman–Crippen LogP) is 3.22. The molecule has 1 fully saturated rings. The van der Waals surface area contributed by atoms with Crippen molar-refractivity contribution in [2.45, 2.75) is 23.5 Å². The third-order valence-electron chi connectivity index (χ3n) is 5.68. The summed E-state index contributed by atoms with van der Waals surface area (Å²) in [6.07, 6.45) is 3.64. The average Bonchev–Trinajstić information content (AvgIpc) is 2.84. The number of aromatic nitrogens is 2. The number of anilines is 2. The fourth-order valence-corrected chi connectivity index (χ4v) is 6.77. The summed E-state index contributed by atoms with van der Waals surface area (Å²) in [5.74, 6) is -0.711. The van der Waals surface area contributed by atoms with Gasteiger partial charge in [-0.05, 0) is 60.9 Å². The van der Waals surface area contributed by atoms with Crippen LogP contribution in [0.2, 0.25) is 0 Å². The average molecular weight is 595 g/mol. The second-order valence-corrected chi connectivity index (χ2v) is 12.8. The van der Waals surface area contributed by atoms with Crippen molar-refractivity contribution >= 4 is 53.5 Å². The van der Waals surface area contributed by atoms with Crippen LogP contribution in [0.4, 0.5) is 11.6 Å². The monoisotopic (exact) mass is 593 g/mol. The summed E-state index contributed by atoms with van der Waals surface area (Å²) in [5.41, 5.74) is 1.14. The zero-order valence-corrected chi connectivity index (χ0v) is 22.3. The molecule has 13 heteroatoms. The van der Waals surface area contributed by atoms with E-state index < -0.39 is 20.0 Å². The number of sulfonamides is 2. The van der Waals surface area contributed by atoms with Crippen molar-refractivity contribution < 1.29 is 21.6 Å². The third-order valence-corrected chi connectivity index (χ3v) is 9.37. The first-order valence-electron chi connectivity index (χ1n) is 11.1. The SMILES string of the molecule is O=C(Nc1ccc(S(=O)(=O)Nc2ncccn2)cc1)C1CCN(S(=O)(=O)Cc2cccc(Br)c2)CC1. The molecule has 1 amide bonds. The molecule has 1 saturated heterocycles. The van der Waals surface area contributed by atoms with E-state index in [1.807, 2.05) is 6.07 Å². The summed E-state index contributed by atoms with van der Waals surface area (Å²) in [6.45, 7) is 0.525. The highest BCUT2D eigenvalue weighted by atomic mass is 79.9. The summed E-state index contributed by atoms with van der Waals surface area (Å²) >= 11 is 3.35. The number of nitrogens with one attached hydrogen (secondary N) is 2. The Morgan fingerprint density at radius 3 is 2.28 bits per heavy atom. The Morgan fingerprint density at radius 2 is 1.64 bits per heavy atom. The number of carbonyl (C=O) groups excluding carboxylic acids is 1. The van der Waals surface area contributed by atoms with Crippen LogP contribution in [0.5, 0.6) is 0 Å². The zero-order chi connectivity index (χ0) is 25.8. The molecule has 0 unspecified atom stereocenters. The normalized spacial score (nSPS) is 15.4. The van der Waals surface area contributed by atoms with Gasteiger partial charge in [0.25, 0.3) is 10.0 Å². The summed E-state index contributed by atoms with van der Waals surface area (Å²) < 4.78 is 55.1. The molecule has 1 aliphatic heterocycles. The van der Waals surface area contributed by atoms with Crippen molar-refractivity contribution in [3.8, 4) is 0 Å². The second kappa shape index (κ2) is 11.0. The van der Waals surface area contributed by atoms with Crippen molar-refractivity contribution in [1.82, 2.24) is 14.3 Å². The van der Waals surface area contributed by atoms with Crippen molar-refractivity contribution in [3.05, 3.63) is 77.0 Å². The number of hydrogen-bond acceptors (Lipinski definition) is 7.